The van der Waals surface area contributed by atoms with Crippen molar-refractivity contribution in [1.82, 2.24) is 0 Å². The lowest BCUT2D eigenvalue weighted by atomic mass is 10.0. The van der Waals surface area contributed by atoms with E-state index >= 15 is 0 Å². The molecule has 0 N–H and O–H groups in total. The lowest BCUT2D eigenvalue weighted by Crippen LogP contribution is -2.19. The molecule has 0 saturated heterocycles. The number of esters is 2. The van der Waals surface area contributed by atoms with Gasteiger partial charge in [-0.25, -0.2) is 9.59 Å². The Hall–Kier alpha value is -3.60. The fourth-order valence-corrected chi connectivity index (χ4v) is 5.21. The Kier molecular flexibility index (Phi) is 16.2. The second kappa shape index (κ2) is 20.4. The Bertz CT molecular complexity index is 1230. The van der Waals surface area contributed by atoms with Crippen LogP contribution in [0.3, 0.4) is 0 Å². The first-order valence-corrected chi connectivity index (χ1v) is 16.9. The van der Waals surface area contributed by atoms with E-state index in [9.17, 15) is 9.59 Å². The van der Waals surface area contributed by atoms with Crippen molar-refractivity contribution in [2.24, 2.45) is 0 Å². The van der Waals surface area contributed by atoms with Crippen molar-refractivity contribution in [2.75, 3.05) is 6.61 Å². The molecule has 0 fully saturated rings. The van der Waals surface area contributed by atoms with Crippen molar-refractivity contribution in [3.05, 3.63) is 83.9 Å². The molecule has 5 nitrogen and oxygen atoms in total. The normalized spacial score (nSPS) is 11.6. The Labute approximate surface area is 265 Å². The summed E-state index contributed by atoms with van der Waals surface area (Å²) >= 11 is 0. The number of ether oxygens (including phenoxy) is 3. The van der Waals surface area contributed by atoms with Crippen LogP contribution in [0.4, 0.5) is 0 Å². The van der Waals surface area contributed by atoms with Crippen LogP contribution in [0.15, 0.2) is 72.8 Å². The highest BCUT2D eigenvalue weighted by Crippen LogP contribution is 2.25. The molecule has 0 aromatic heterocycles. The molecule has 0 radical (unpaired) electrons. The Morgan fingerprint density at radius 3 is 1.82 bits per heavy atom. The zero-order chi connectivity index (χ0) is 31.4. The number of hydrogen-bond acceptors (Lipinski definition) is 5. The van der Waals surface area contributed by atoms with Crippen molar-refractivity contribution in [3.63, 3.8) is 0 Å². The van der Waals surface area contributed by atoms with Gasteiger partial charge < -0.3 is 14.2 Å². The number of carbonyl (C=O) groups excluding carboxylic acids is 2. The highest BCUT2D eigenvalue weighted by molar-refractivity contribution is 5.96. The standard InChI is InChI=1S/C39H52O5/c1-4-7-9-11-12-13-14-18-30-42-35-28-26-32(27-29-35)31-22-24-33(25-23-31)38(40)44-37-21-17-16-20-36(37)39(41)43-34(6-3)19-15-10-8-5-2/h16-17,20-29,34H,4-15,18-19,30H2,1-3H3. The van der Waals surface area contributed by atoms with Gasteiger partial charge in [0.1, 0.15) is 23.2 Å². The van der Waals surface area contributed by atoms with E-state index in [0.717, 1.165) is 55.6 Å². The minimum Gasteiger partial charge on any atom is -0.494 e. The van der Waals surface area contributed by atoms with Gasteiger partial charge in [0.25, 0.3) is 0 Å². The van der Waals surface area contributed by atoms with Crippen LogP contribution in [0.1, 0.15) is 131 Å². The van der Waals surface area contributed by atoms with Crippen LogP contribution < -0.4 is 9.47 Å². The third-order valence-electron chi connectivity index (χ3n) is 7.99. The number of hydrogen-bond donors (Lipinski definition) is 0. The highest BCUT2D eigenvalue weighted by atomic mass is 16.6. The third kappa shape index (κ3) is 12.2. The molecule has 3 aromatic carbocycles. The first-order chi connectivity index (χ1) is 21.5. The molecule has 0 bridgehead atoms. The average Bonchev–Trinajstić information content (AvgIpc) is 3.06. The summed E-state index contributed by atoms with van der Waals surface area (Å²) in [6.07, 6.45) is 16.2. The van der Waals surface area contributed by atoms with Crippen LogP contribution in [0.25, 0.3) is 11.1 Å². The van der Waals surface area contributed by atoms with Crippen LogP contribution >= 0.6 is 0 Å². The second-order valence-electron chi connectivity index (χ2n) is 11.6. The van der Waals surface area contributed by atoms with Gasteiger partial charge in [0.15, 0.2) is 0 Å². The van der Waals surface area contributed by atoms with E-state index in [0.29, 0.717) is 5.56 Å². The SMILES string of the molecule is CCCCCCCCCCOc1ccc(-c2ccc(C(=O)Oc3ccccc3C(=O)OC(CC)CCCCCC)cc2)cc1. The molecule has 0 amide bonds. The van der Waals surface area contributed by atoms with E-state index in [1.807, 2.05) is 43.3 Å². The number of benzene rings is 3. The van der Waals surface area contributed by atoms with E-state index in [1.54, 1.807) is 36.4 Å². The van der Waals surface area contributed by atoms with E-state index < -0.39 is 11.9 Å². The Morgan fingerprint density at radius 2 is 1.18 bits per heavy atom. The Morgan fingerprint density at radius 1 is 0.614 bits per heavy atom. The number of rotatable bonds is 21. The minimum absolute atomic E-state index is 0.147. The minimum atomic E-state index is -0.520. The molecule has 3 aromatic rings. The summed E-state index contributed by atoms with van der Waals surface area (Å²) in [4.78, 5) is 26.0. The summed E-state index contributed by atoms with van der Waals surface area (Å²) in [5.41, 5.74) is 2.70. The van der Waals surface area contributed by atoms with Gasteiger partial charge in [-0.1, -0.05) is 121 Å². The predicted octanol–water partition coefficient (Wildman–Crippen LogP) is 11.0. The fraction of sp³-hybridized carbons (Fsp3) is 0.487. The Balaban J connectivity index is 1.49. The summed E-state index contributed by atoms with van der Waals surface area (Å²) in [5, 5.41) is 0. The molecule has 238 valence electrons. The van der Waals surface area contributed by atoms with Gasteiger partial charge in [0.2, 0.25) is 0 Å². The molecule has 1 unspecified atom stereocenters. The van der Waals surface area contributed by atoms with Crippen molar-refractivity contribution < 1.29 is 23.8 Å². The lowest BCUT2D eigenvalue weighted by Gasteiger charge is -2.17. The molecule has 0 heterocycles. The highest BCUT2D eigenvalue weighted by Gasteiger charge is 2.20. The first-order valence-electron chi connectivity index (χ1n) is 16.9. The largest absolute Gasteiger partial charge is 0.494 e. The van der Waals surface area contributed by atoms with Gasteiger partial charge >= 0.3 is 11.9 Å². The maximum absolute atomic E-state index is 13.0. The molecular weight excluding hydrogens is 548 g/mol. The molecule has 0 aliphatic heterocycles. The summed E-state index contributed by atoms with van der Waals surface area (Å²) in [7, 11) is 0. The van der Waals surface area contributed by atoms with Gasteiger partial charge in [-0.2, -0.15) is 0 Å². The summed E-state index contributed by atoms with van der Waals surface area (Å²) in [6, 6.07) is 22.1. The first kappa shape index (κ1) is 34.9. The molecular formula is C39H52O5. The van der Waals surface area contributed by atoms with E-state index in [2.05, 4.69) is 13.8 Å². The van der Waals surface area contributed by atoms with Crippen LogP contribution in [0.5, 0.6) is 11.5 Å². The molecule has 0 spiro atoms. The fourth-order valence-electron chi connectivity index (χ4n) is 5.21. The predicted molar refractivity (Wildman–Crippen MR) is 180 cm³/mol. The van der Waals surface area contributed by atoms with Gasteiger partial charge in [0.05, 0.1) is 12.2 Å². The van der Waals surface area contributed by atoms with Gasteiger partial charge in [-0.3, -0.25) is 0 Å². The maximum atomic E-state index is 13.0. The molecule has 3 rings (SSSR count). The molecule has 5 heteroatoms. The quantitative estimate of drug-likeness (QED) is 0.0691. The van der Waals surface area contributed by atoms with Gasteiger partial charge in [-0.05, 0) is 73.2 Å². The second-order valence-corrected chi connectivity index (χ2v) is 11.6. The van der Waals surface area contributed by atoms with Crippen molar-refractivity contribution in [1.29, 1.82) is 0 Å². The van der Waals surface area contributed by atoms with Crippen LogP contribution in [0, 0.1) is 0 Å². The summed E-state index contributed by atoms with van der Waals surface area (Å²) in [6.45, 7) is 7.19. The van der Waals surface area contributed by atoms with Crippen LogP contribution in [0.2, 0.25) is 0 Å². The summed E-state index contributed by atoms with van der Waals surface area (Å²) < 4.78 is 17.4. The number of carbonyl (C=O) groups is 2. The molecule has 1 atom stereocenters. The monoisotopic (exact) mass is 600 g/mol. The molecule has 0 aliphatic carbocycles. The zero-order valence-corrected chi connectivity index (χ0v) is 27.2. The number of para-hydroxylation sites is 1. The zero-order valence-electron chi connectivity index (χ0n) is 27.2. The van der Waals surface area contributed by atoms with Crippen molar-refractivity contribution >= 4 is 11.9 Å². The summed E-state index contributed by atoms with van der Waals surface area (Å²) in [5.74, 6) is 0.0928. The van der Waals surface area contributed by atoms with E-state index in [1.165, 1.54) is 57.8 Å². The molecule has 44 heavy (non-hydrogen) atoms. The molecule has 0 aliphatic rings. The maximum Gasteiger partial charge on any atom is 0.343 e. The van der Waals surface area contributed by atoms with Gasteiger partial charge in [-0.15, -0.1) is 0 Å². The average molecular weight is 601 g/mol. The van der Waals surface area contributed by atoms with Gasteiger partial charge in [0, 0.05) is 0 Å². The smallest absolute Gasteiger partial charge is 0.343 e. The number of unbranched alkanes of at least 4 members (excludes halogenated alkanes) is 10. The van der Waals surface area contributed by atoms with E-state index in [-0.39, 0.29) is 17.4 Å². The van der Waals surface area contributed by atoms with Crippen LogP contribution in [-0.4, -0.2) is 24.6 Å². The van der Waals surface area contributed by atoms with Crippen molar-refractivity contribution in [3.8, 4) is 22.6 Å². The molecule has 0 saturated carbocycles. The lowest BCUT2D eigenvalue weighted by molar-refractivity contribution is 0.0263. The van der Waals surface area contributed by atoms with E-state index in [4.69, 9.17) is 14.2 Å². The third-order valence-corrected chi connectivity index (χ3v) is 7.99. The van der Waals surface area contributed by atoms with Crippen molar-refractivity contribution in [2.45, 2.75) is 117 Å². The van der Waals surface area contributed by atoms with Crippen LogP contribution in [-0.2, 0) is 4.74 Å². The topological polar surface area (TPSA) is 61.8 Å².